The number of hydrogen-bond donors (Lipinski definition) is 2. The Morgan fingerprint density at radius 3 is 2.86 bits per heavy atom. The van der Waals surface area contributed by atoms with Crippen molar-refractivity contribution in [3.8, 4) is 0 Å². The van der Waals surface area contributed by atoms with E-state index in [0.717, 1.165) is 17.7 Å². The van der Waals surface area contributed by atoms with Crippen LogP contribution in [0.4, 0.5) is 0 Å². The number of nitrogens with one attached hydrogen (secondary N) is 2. The van der Waals surface area contributed by atoms with Gasteiger partial charge >= 0.3 is 0 Å². The zero-order chi connectivity index (χ0) is 10.4. The van der Waals surface area contributed by atoms with Crippen LogP contribution in [0.25, 0.3) is 0 Å². The first-order valence-corrected chi connectivity index (χ1v) is 4.79. The highest BCUT2D eigenvalue weighted by molar-refractivity contribution is 5.94. The van der Waals surface area contributed by atoms with Crippen LogP contribution in [0.5, 0.6) is 0 Å². The Hall–Kier alpha value is -1.35. The Labute approximate surface area is 84.5 Å². The SMILES string of the molecule is CCNC(=O)c1cccc(CNC)c1. The lowest BCUT2D eigenvalue weighted by Gasteiger charge is -2.04. The number of benzene rings is 1. The van der Waals surface area contributed by atoms with Gasteiger partial charge in [0.05, 0.1) is 0 Å². The average Bonchev–Trinajstić information content (AvgIpc) is 2.19. The molecule has 1 rings (SSSR count). The minimum absolute atomic E-state index is 0.00884. The monoisotopic (exact) mass is 192 g/mol. The summed E-state index contributed by atoms with van der Waals surface area (Å²) in [6.07, 6.45) is 0. The van der Waals surface area contributed by atoms with Gasteiger partial charge in [0.1, 0.15) is 0 Å². The molecule has 1 amide bonds. The van der Waals surface area contributed by atoms with Crippen molar-refractivity contribution in [2.24, 2.45) is 0 Å². The van der Waals surface area contributed by atoms with E-state index < -0.39 is 0 Å². The number of carbonyl (C=O) groups is 1. The minimum atomic E-state index is -0.00884. The number of rotatable bonds is 4. The second kappa shape index (κ2) is 5.40. The van der Waals surface area contributed by atoms with E-state index in [9.17, 15) is 4.79 Å². The third-order valence-electron chi connectivity index (χ3n) is 1.91. The molecular weight excluding hydrogens is 176 g/mol. The van der Waals surface area contributed by atoms with Crippen LogP contribution < -0.4 is 10.6 Å². The third-order valence-corrected chi connectivity index (χ3v) is 1.91. The molecule has 0 spiro atoms. The number of carbonyl (C=O) groups excluding carboxylic acids is 1. The minimum Gasteiger partial charge on any atom is -0.352 e. The summed E-state index contributed by atoms with van der Waals surface area (Å²) in [5.74, 6) is -0.00884. The summed E-state index contributed by atoms with van der Waals surface area (Å²) in [5, 5.41) is 5.82. The van der Waals surface area contributed by atoms with Crippen molar-refractivity contribution in [1.29, 1.82) is 0 Å². The maximum atomic E-state index is 11.5. The maximum absolute atomic E-state index is 11.5. The van der Waals surface area contributed by atoms with Crippen molar-refractivity contribution in [3.05, 3.63) is 35.4 Å². The van der Waals surface area contributed by atoms with Gasteiger partial charge in [-0.3, -0.25) is 4.79 Å². The Balaban J connectivity index is 2.77. The zero-order valence-corrected chi connectivity index (χ0v) is 8.63. The fourth-order valence-corrected chi connectivity index (χ4v) is 1.29. The second-order valence-corrected chi connectivity index (χ2v) is 3.09. The summed E-state index contributed by atoms with van der Waals surface area (Å²) in [6.45, 7) is 3.36. The lowest BCUT2D eigenvalue weighted by molar-refractivity contribution is 0.0955. The molecule has 0 aliphatic carbocycles. The van der Waals surface area contributed by atoms with Gasteiger partial charge in [0.15, 0.2) is 0 Å². The standard InChI is InChI=1S/C11H16N2O/c1-3-13-11(14)10-6-4-5-9(7-10)8-12-2/h4-7,12H,3,8H2,1-2H3,(H,13,14). The van der Waals surface area contributed by atoms with E-state index in [4.69, 9.17) is 0 Å². The van der Waals surface area contributed by atoms with Gasteiger partial charge in [-0.05, 0) is 31.7 Å². The first-order chi connectivity index (χ1) is 6.77. The lowest BCUT2D eigenvalue weighted by Crippen LogP contribution is -2.22. The summed E-state index contributed by atoms with van der Waals surface area (Å²) in [6, 6.07) is 7.63. The molecule has 1 aromatic rings. The summed E-state index contributed by atoms with van der Waals surface area (Å²) >= 11 is 0. The topological polar surface area (TPSA) is 41.1 Å². The van der Waals surface area contributed by atoms with Crippen LogP contribution in [0.2, 0.25) is 0 Å². The van der Waals surface area contributed by atoms with E-state index in [0.29, 0.717) is 6.54 Å². The van der Waals surface area contributed by atoms with Gasteiger partial charge in [-0.2, -0.15) is 0 Å². The van der Waals surface area contributed by atoms with Gasteiger partial charge < -0.3 is 10.6 Å². The Kier molecular flexibility index (Phi) is 4.13. The highest BCUT2D eigenvalue weighted by Gasteiger charge is 2.03. The van der Waals surface area contributed by atoms with Crippen molar-refractivity contribution in [3.63, 3.8) is 0 Å². The van der Waals surface area contributed by atoms with Gasteiger partial charge in [-0.25, -0.2) is 0 Å². The maximum Gasteiger partial charge on any atom is 0.251 e. The van der Waals surface area contributed by atoms with Crippen molar-refractivity contribution in [1.82, 2.24) is 10.6 Å². The van der Waals surface area contributed by atoms with E-state index in [1.807, 2.05) is 38.2 Å². The third kappa shape index (κ3) is 2.85. The summed E-state index contributed by atoms with van der Waals surface area (Å²) in [4.78, 5) is 11.5. The predicted octanol–water partition coefficient (Wildman–Crippen LogP) is 1.16. The molecule has 0 radical (unpaired) electrons. The van der Waals surface area contributed by atoms with Crippen LogP contribution in [0.3, 0.4) is 0 Å². The van der Waals surface area contributed by atoms with Gasteiger partial charge in [0.25, 0.3) is 5.91 Å². The van der Waals surface area contributed by atoms with Crippen LogP contribution in [-0.2, 0) is 6.54 Å². The molecule has 76 valence electrons. The van der Waals surface area contributed by atoms with Crippen molar-refractivity contribution in [2.45, 2.75) is 13.5 Å². The van der Waals surface area contributed by atoms with Crippen LogP contribution in [0, 0.1) is 0 Å². The predicted molar refractivity (Wildman–Crippen MR) is 57.2 cm³/mol. The van der Waals surface area contributed by atoms with E-state index >= 15 is 0 Å². The average molecular weight is 192 g/mol. The normalized spacial score (nSPS) is 9.86. The molecule has 0 saturated heterocycles. The molecule has 0 unspecified atom stereocenters. The van der Waals surface area contributed by atoms with Crippen molar-refractivity contribution >= 4 is 5.91 Å². The van der Waals surface area contributed by atoms with Crippen LogP contribution in [0.15, 0.2) is 24.3 Å². The summed E-state index contributed by atoms with van der Waals surface area (Å²) < 4.78 is 0. The molecule has 0 aliphatic rings. The Morgan fingerprint density at radius 1 is 1.43 bits per heavy atom. The van der Waals surface area contributed by atoms with Crippen molar-refractivity contribution in [2.75, 3.05) is 13.6 Å². The van der Waals surface area contributed by atoms with Gasteiger partial charge in [0.2, 0.25) is 0 Å². The zero-order valence-electron chi connectivity index (χ0n) is 8.63. The van der Waals surface area contributed by atoms with E-state index in [1.165, 1.54) is 0 Å². The first kappa shape index (κ1) is 10.7. The van der Waals surface area contributed by atoms with E-state index in [1.54, 1.807) is 0 Å². The highest BCUT2D eigenvalue weighted by Crippen LogP contribution is 2.04. The van der Waals surface area contributed by atoms with Crippen molar-refractivity contribution < 1.29 is 4.79 Å². The van der Waals surface area contributed by atoms with E-state index in [2.05, 4.69) is 10.6 Å². The van der Waals surface area contributed by atoms with E-state index in [-0.39, 0.29) is 5.91 Å². The molecule has 0 saturated carbocycles. The number of amides is 1. The molecule has 14 heavy (non-hydrogen) atoms. The highest BCUT2D eigenvalue weighted by atomic mass is 16.1. The molecule has 0 heterocycles. The van der Waals surface area contributed by atoms with Crippen LogP contribution in [0.1, 0.15) is 22.8 Å². The quantitative estimate of drug-likeness (QED) is 0.751. The molecule has 0 atom stereocenters. The number of hydrogen-bond acceptors (Lipinski definition) is 2. The smallest absolute Gasteiger partial charge is 0.251 e. The summed E-state index contributed by atoms with van der Waals surface area (Å²) in [7, 11) is 1.89. The molecule has 0 aromatic heterocycles. The van der Waals surface area contributed by atoms with Gasteiger partial charge in [-0.15, -0.1) is 0 Å². The molecule has 2 N–H and O–H groups in total. The molecule has 3 heteroatoms. The van der Waals surface area contributed by atoms with Gasteiger partial charge in [-0.1, -0.05) is 12.1 Å². The molecule has 0 fully saturated rings. The van der Waals surface area contributed by atoms with Crippen LogP contribution in [-0.4, -0.2) is 19.5 Å². The summed E-state index contributed by atoms with van der Waals surface area (Å²) in [5.41, 5.74) is 1.84. The largest absolute Gasteiger partial charge is 0.352 e. The molecular formula is C11H16N2O. The van der Waals surface area contributed by atoms with Gasteiger partial charge in [0, 0.05) is 18.7 Å². The molecule has 1 aromatic carbocycles. The molecule has 3 nitrogen and oxygen atoms in total. The molecule has 0 bridgehead atoms. The fraction of sp³-hybridized carbons (Fsp3) is 0.364. The molecule has 0 aliphatic heterocycles. The lowest BCUT2D eigenvalue weighted by atomic mass is 10.1. The Bertz CT molecular complexity index is 310. The second-order valence-electron chi connectivity index (χ2n) is 3.09. The van der Waals surface area contributed by atoms with Crippen LogP contribution >= 0.6 is 0 Å². The Morgan fingerprint density at radius 2 is 2.21 bits per heavy atom. The first-order valence-electron chi connectivity index (χ1n) is 4.79. The fourth-order valence-electron chi connectivity index (χ4n) is 1.29.